The van der Waals surface area contributed by atoms with E-state index < -0.39 is 0 Å². The number of aryl methyl sites for hydroxylation is 2. The highest BCUT2D eigenvalue weighted by molar-refractivity contribution is 6.32. The van der Waals surface area contributed by atoms with Crippen molar-refractivity contribution in [3.05, 3.63) is 28.9 Å². The van der Waals surface area contributed by atoms with Crippen LogP contribution in [0.5, 0.6) is 0 Å². The molecule has 0 radical (unpaired) electrons. The van der Waals surface area contributed by atoms with Crippen LogP contribution < -0.4 is 5.32 Å². The summed E-state index contributed by atoms with van der Waals surface area (Å²) in [6, 6.07) is 0. The molecular formula is C23H30ClN5O. The number of aromatic nitrogens is 4. The molecule has 1 N–H and O–H groups in total. The zero-order chi connectivity index (χ0) is 20.7. The van der Waals surface area contributed by atoms with Gasteiger partial charge in [0.1, 0.15) is 5.82 Å². The average molecular weight is 428 g/mol. The standard InChI is InChI=1S/C23H30ClN5O/c1-29-19(12-16-2-3-16)17(13-26-29)22-18(24)14-25-20(27-22)5-4-15-6-9-23(10-7-15)11-8-21(30)28-23/h13-16H,2-12H2,1H3,(H,28,30). The molecule has 3 aliphatic rings. The van der Waals surface area contributed by atoms with E-state index in [1.165, 1.54) is 31.4 Å². The van der Waals surface area contributed by atoms with Gasteiger partial charge in [-0.05, 0) is 69.6 Å². The van der Waals surface area contributed by atoms with E-state index in [1.807, 2.05) is 17.9 Å². The predicted octanol–water partition coefficient (Wildman–Crippen LogP) is 4.25. The van der Waals surface area contributed by atoms with Crippen molar-refractivity contribution in [3.8, 4) is 11.3 Å². The maximum atomic E-state index is 11.6. The van der Waals surface area contributed by atoms with E-state index in [2.05, 4.69) is 15.4 Å². The number of nitrogens with zero attached hydrogens (tertiary/aromatic N) is 4. The number of amides is 1. The van der Waals surface area contributed by atoms with Gasteiger partial charge in [0, 0.05) is 42.9 Å². The molecule has 1 spiro atoms. The van der Waals surface area contributed by atoms with Crippen molar-refractivity contribution >= 4 is 17.5 Å². The highest BCUT2D eigenvalue weighted by atomic mass is 35.5. The molecule has 1 aliphatic heterocycles. The van der Waals surface area contributed by atoms with Crippen LogP contribution in [0.1, 0.15) is 69.3 Å². The lowest BCUT2D eigenvalue weighted by Crippen LogP contribution is -2.44. The van der Waals surface area contributed by atoms with Crippen LogP contribution in [0.25, 0.3) is 11.3 Å². The second-order valence-electron chi connectivity index (χ2n) is 9.57. The maximum absolute atomic E-state index is 11.6. The Kier molecular flexibility index (Phi) is 5.30. The molecule has 2 aromatic rings. The van der Waals surface area contributed by atoms with Crippen LogP contribution in [0.4, 0.5) is 0 Å². The van der Waals surface area contributed by atoms with Crippen molar-refractivity contribution in [3.63, 3.8) is 0 Å². The number of carbonyl (C=O) groups excluding carboxylic acids is 1. The van der Waals surface area contributed by atoms with E-state index in [1.54, 1.807) is 6.20 Å². The van der Waals surface area contributed by atoms with Gasteiger partial charge in [-0.2, -0.15) is 5.10 Å². The zero-order valence-corrected chi connectivity index (χ0v) is 18.4. The summed E-state index contributed by atoms with van der Waals surface area (Å²) in [7, 11) is 2.00. The molecule has 5 rings (SSSR count). The molecule has 160 valence electrons. The number of rotatable bonds is 6. The van der Waals surface area contributed by atoms with E-state index in [-0.39, 0.29) is 11.4 Å². The van der Waals surface area contributed by atoms with Crippen LogP contribution in [-0.2, 0) is 24.7 Å². The first-order valence-electron chi connectivity index (χ1n) is 11.3. The van der Waals surface area contributed by atoms with Gasteiger partial charge in [0.2, 0.25) is 5.91 Å². The second-order valence-corrected chi connectivity index (χ2v) is 9.98. The molecule has 1 saturated heterocycles. The van der Waals surface area contributed by atoms with Crippen molar-refractivity contribution in [2.24, 2.45) is 18.9 Å². The fourth-order valence-electron chi connectivity index (χ4n) is 5.21. The Morgan fingerprint density at radius 3 is 2.67 bits per heavy atom. The van der Waals surface area contributed by atoms with Crippen molar-refractivity contribution in [1.29, 1.82) is 0 Å². The molecule has 3 heterocycles. The van der Waals surface area contributed by atoms with Gasteiger partial charge in [0.15, 0.2) is 0 Å². The third-order valence-corrected chi connectivity index (χ3v) is 7.64. The quantitative estimate of drug-likeness (QED) is 0.747. The van der Waals surface area contributed by atoms with Gasteiger partial charge >= 0.3 is 0 Å². The van der Waals surface area contributed by atoms with Crippen molar-refractivity contribution in [2.75, 3.05) is 0 Å². The minimum absolute atomic E-state index is 0.0930. The summed E-state index contributed by atoms with van der Waals surface area (Å²) >= 11 is 6.50. The number of halogens is 1. The van der Waals surface area contributed by atoms with Crippen LogP contribution in [0.15, 0.2) is 12.4 Å². The Morgan fingerprint density at radius 2 is 1.97 bits per heavy atom. The van der Waals surface area contributed by atoms with Crippen LogP contribution in [0.2, 0.25) is 5.02 Å². The van der Waals surface area contributed by atoms with Gasteiger partial charge in [-0.3, -0.25) is 9.48 Å². The third-order valence-electron chi connectivity index (χ3n) is 7.36. The van der Waals surface area contributed by atoms with Gasteiger partial charge in [-0.1, -0.05) is 11.6 Å². The van der Waals surface area contributed by atoms with Crippen LogP contribution in [0, 0.1) is 11.8 Å². The molecule has 0 aromatic carbocycles. The van der Waals surface area contributed by atoms with Gasteiger partial charge in [-0.25, -0.2) is 9.97 Å². The maximum Gasteiger partial charge on any atom is 0.220 e. The summed E-state index contributed by atoms with van der Waals surface area (Å²) in [5, 5.41) is 8.30. The monoisotopic (exact) mass is 427 g/mol. The molecule has 0 bridgehead atoms. The molecule has 2 aromatic heterocycles. The lowest BCUT2D eigenvalue weighted by molar-refractivity contribution is -0.120. The Bertz CT molecular complexity index is 943. The summed E-state index contributed by atoms with van der Waals surface area (Å²) in [6.07, 6.45) is 15.5. The normalized spacial score (nSPS) is 26.3. The largest absolute Gasteiger partial charge is 0.351 e. The van der Waals surface area contributed by atoms with E-state index in [4.69, 9.17) is 16.6 Å². The first-order chi connectivity index (χ1) is 14.5. The number of nitrogens with one attached hydrogen (secondary N) is 1. The highest BCUT2D eigenvalue weighted by Crippen LogP contribution is 2.40. The van der Waals surface area contributed by atoms with E-state index >= 15 is 0 Å². The Hall–Kier alpha value is -1.95. The summed E-state index contributed by atoms with van der Waals surface area (Å²) in [5.41, 5.74) is 3.19. The Balaban J connectivity index is 1.24. The molecular weight excluding hydrogens is 398 g/mol. The smallest absolute Gasteiger partial charge is 0.220 e. The average Bonchev–Trinajstić information content (AvgIpc) is 3.40. The van der Waals surface area contributed by atoms with Crippen molar-refractivity contribution in [1.82, 2.24) is 25.1 Å². The van der Waals surface area contributed by atoms with Crippen LogP contribution in [-0.4, -0.2) is 31.2 Å². The molecule has 7 heteroatoms. The molecule has 0 atom stereocenters. The summed E-state index contributed by atoms with van der Waals surface area (Å²) in [4.78, 5) is 21.0. The molecule has 30 heavy (non-hydrogen) atoms. The molecule has 0 unspecified atom stereocenters. The van der Waals surface area contributed by atoms with Crippen LogP contribution >= 0.6 is 11.6 Å². The second kappa shape index (κ2) is 7.95. The Labute approximate surface area is 182 Å². The van der Waals surface area contributed by atoms with Crippen molar-refractivity contribution in [2.45, 2.75) is 76.2 Å². The van der Waals surface area contributed by atoms with Gasteiger partial charge in [-0.15, -0.1) is 0 Å². The van der Waals surface area contributed by atoms with Gasteiger partial charge < -0.3 is 5.32 Å². The zero-order valence-electron chi connectivity index (χ0n) is 17.7. The minimum Gasteiger partial charge on any atom is -0.351 e. The van der Waals surface area contributed by atoms with Crippen LogP contribution in [0.3, 0.4) is 0 Å². The lowest BCUT2D eigenvalue weighted by Gasteiger charge is -2.37. The summed E-state index contributed by atoms with van der Waals surface area (Å²) in [5.74, 6) is 2.55. The molecule has 3 fully saturated rings. The lowest BCUT2D eigenvalue weighted by atomic mass is 9.74. The van der Waals surface area contributed by atoms with E-state index in [0.29, 0.717) is 17.4 Å². The molecule has 6 nitrogen and oxygen atoms in total. The van der Waals surface area contributed by atoms with Gasteiger partial charge in [0.05, 0.1) is 16.9 Å². The van der Waals surface area contributed by atoms with E-state index in [9.17, 15) is 4.79 Å². The topological polar surface area (TPSA) is 72.7 Å². The molecule has 1 amide bonds. The number of carbonyl (C=O) groups is 1. The predicted molar refractivity (Wildman–Crippen MR) is 116 cm³/mol. The third kappa shape index (κ3) is 4.11. The first-order valence-corrected chi connectivity index (χ1v) is 11.7. The summed E-state index contributed by atoms with van der Waals surface area (Å²) < 4.78 is 1.96. The van der Waals surface area contributed by atoms with Gasteiger partial charge in [0.25, 0.3) is 0 Å². The molecule has 2 aliphatic carbocycles. The van der Waals surface area contributed by atoms with Crippen molar-refractivity contribution < 1.29 is 4.79 Å². The SMILES string of the molecule is Cn1ncc(-c2nc(CCC3CCC4(CCC(=O)N4)CC3)ncc2Cl)c1CC1CC1. The van der Waals surface area contributed by atoms with E-state index in [0.717, 1.165) is 61.5 Å². The summed E-state index contributed by atoms with van der Waals surface area (Å²) in [6.45, 7) is 0. The number of hydrogen-bond donors (Lipinski definition) is 1. The fourth-order valence-corrected chi connectivity index (χ4v) is 5.40. The molecule has 2 saturated carbocycles. The first kappa shape index (κ1) is 20.0. The highest BCUT2D eigenvalue weighted by Gasteiger charge is 2.40. The minimum atomic E-state index is 0.0930. The Morgan fingerprint density at radius 1 is 1.17 bits per heavy atom. The number of hydrogen-bond acceptors (Lipinski definition) is 4. The fraction of sp³-hybridized carbons (Fsp3) is 0.652.